The summed E-state index contributed by atoms with van der Waals surface area (Å²) in [5.41, 5.74) is 8.30. The van der Waals surface area contributed by atoms with Gasteiger partial charge in [-0.1, -0.05) is 0 Å². The minimum atomic E-state index is 0.242. The minimum Gasteiger partial charge on any atom is -0.454 e. The van der Waals surface area contributed by atoms with Gasteiger partial charge in [0.15, 0.2) is 17.3 Å². The average Bonchev–Trinajstić information content (AvgIpc) is 2.75. The molecule has 0 unspecified atom stereocenters. The van der Waals surface area contributed by atoms with E-state index in [2.05, 4.69) is 15.2 Å². The zero-order valence-electron chi connectivity index (χ0n) is 10.1. The molecule has 1 aromatic heterocycles. The van der Waals surface area contributed by atoms with Crippen molar-refractivity contribution in [1.82, 2.24) is 15.2 Å². The predicted molar refractivity (Wildman–Crippen MR) is 65.3 cm³/mol. The number of nitrogens with two attached hydrogens (primary N) is 1. The van der Waals surface area contributed by atoms with Gasteiger partial charge >= 0.3 is 0 Å². The van der Waals surface area contributed by atoms with Crippen LogP contribution in [0.3, 0.4) is 0 Å². The number of fused-ring (bicyclic) bond motifs is 1. The highest BCUT2D eigenvalue weighted by molar-refractivity contribution is 5.75. The number of hydrogen-bond donors (Lipinski definition) is 1. The number of rotatable bonds is 1. The topological polar surface area (TPSA) is 83.2 Å². The van der Waals surface area contributed by atoms with E-state index in [-0.39, 0.29) is 6.79 Å². The number of aromatic nitrogens is 3. The van der Waals surface area contributed by atoms with Gasteiger partial charge in [-0.15, -0.1) is 10.2 Å². The zero-order chi connectivity index (χ0) is 12.7. The molecule has 6 heteroatoms. The summed E-state index contributed by atoms with van der Waals surface area (Å²) in [5.74, 6) is 2.35. The summed E-state index contributed by atoms with van der Waals surface area (Å²) in [6.45, 7) is 3.95. The van der Waals surface area contributed by atoms with E-state index in [9.17, 15) is 0 Å². The molecule has 0 radical (unpaired) electrons. The number of hydrogen-bond acceptors (Lipinski definition) is 6. The van der Waals surface area contributed by atoms with Gasteiger partial charge in [-0.2, -0.15) is 0 Å². The number of nitrogen functional groups attached to an aromatic ring is 1. The molecule has 0 atom stereocenters. The van der Waals surface area contributed by atoms with E-state index in [1.165, 1.54) is 0 Å². The Labute approximate surface area is 104 Å². The molecule has 1 aromatic carbocycles. The zero-order valence-corrected chi connectivity index (χ0v) is 10.1. The van der Waals surface area contributed by atoms with E-state index in [0.29, 0.717) is 23.1 Å². The van der Waals surface area contributed by atoms with Crippen LogP contribution in [0.5, 0.6) is 11.5 Å². The standard InChI is InChI=1S/C12H12N4O2/c1-6-3-9-10(18-5-17-9)4-8(6)11-12(13)14-7(2)15-16-11/h3-4H,5H2,1-2H3,(H2,13,14,15). The molecule has 3 rings (SSSR count). The summed E-state index contributed by atoms with van der Waals surface area (Å²) >= 11 is 0. The Hall–Kier alpha value is -2.37. The molecule has 0 aliphatic carbocycles. The van der Waals surface area contributed by atoms with E-state index in [0.717, 1.165) is 16.9 Å². The lowest BCUT2D eigenvalue weighted by Gasteiger charge is -2.08. The quantitative estimate of drug-likeness (QED) is 0.817. The van der Waals surface area contributed by atoms with Crippen molar-refractivity contribution in [2.45, 2.75) is 13.8 Å². The average molecular weight is 244 g/mol. The van der Waals surface area contributed by atoms with Crippen LogP contribution in [0.4, 0.5) is 5.82 Å². The van der Waals surface area contributed by atoms with Gasteiger partial charge in [0, 0.05) is 5.56 Å². The summed E-state index contributed by atoms with van der Waals surface area (Å²) in [7, 11) is 0. The second kappa shape index (κ2) is 3.83. The maximum atomic E-state index is 5.88. The van der Waals surface area contributed by atoms with Gasteiger partial charge in [-0.3, -0.25) is 0 Å². The molecule has 0 amide bonds. The first kappa shape index (κ1) is 10.8. The molecule has 92 valence electrons. The van der Waals surface area contributed by atoms with Crippen molar-refractivity contribution >= 4 is 5.82 Å². The van der Waals surface area contributed by atoms with Crippen LogP contribution >= 0.6 is 0 Å². The number of ether oxygens (including phenoxy) is 2. The summed E-state index contributed by atoms with van der Waals surface area (Å²) in [5, 5.41) is 8.04. The largest absolute Gasteiger partial charge is 0.454 e. The van der Waals surface area contributed by atoms with Crippen molar-refractivity contribution < 1.29 is 9.47 Å². The van der Waals surface area contributed by atoms with E-state index < -0.39 is 0 Å². The third kappa shape index (κ3) is 1.62. The highest BCUT2D eigenvalue weighted by atomic mass is 16.7. The highest BCUT2D eigenvalue weighted by Gasteiger charge is 2.18. The van der Waals surface area contributed by atoms with Crippen LogP contribution in [0.2, 0.25) is 0 Å². The Morgan fingerprint density at radius 3 is 2.56 bits per heavy atom. The SMILES string of the molecule is Cc1nnc(-c2cc3c(cc2C)OCO3)c(N)n1. The van der Waals surface area contributed by atoms with Crippen LogP contribution < -0.4 is 15.2 Å². The van der Waals surface area contributed by atoms with Gasteiger partial charge in [0.05, 0.1) is 0 Å². The number of nitrogens with zero attached hydrogens (tertiary/aromatic N) is 3. The summed E-state index contributed by atoms with van der Waals surface area (Å²) < 4.78 is 10.7. The molecule has 1 aliphatic heterocycles. The molecule has 0 saturated carbocycles. The smallest absolute Gasteiger partial charge is 0.231 e. The number of anilines is 1. The minimum absolute atomic E-state index is 0.242. The predicted octanol–water partition coefficient (Wildman–Crippen LogP) is 1.47. The van der Waals surface area contributed by atoms with E-state index >= 15 is 0 Å². The Morgan fingerprint density at radius 2 is 1.83 bits per heavy atom. The van der Waals surface area contributed by atoms with Crippen molar-refractivity contribution in [2.75, 3.05) is 12.5 Å². The molecule has 0 spiro atoms. The first-order valence-electron chi connectivity index (χ1n) is 5.52. The fourth-order valence-corrected chi connectivity index (χ4v) is 1.91. The monoisotopic (exact) mass is 244 g/mol. The molecule has 0 saturated heterocycles. The third-order valence-corrected chi connectivity index (χ3v) is 2.79. The Morgan fingerprint density at radius 1 is 1.11 bits per heavy atom. The molecule has 18 heavy (non-hydrogen) atoms. The normalized spacial score (nSPS) is 12.8. The molecular weight excluding hydrogens is 232 g/mol. The Kier molecular flexibility index (Phi) is 2.29. The molecule has 2 aromatic rings. The van der Waals surface area contributed by atoms with Crippen molar-refractivity contribution in [3.8, 4) is 22.8 Å². The molecule has 2 heterocycles. The maximum Gasteiger partial charge on any atom is 0.231 e. The second-order valence-electron chi connectivity index (χ2n) is 4.11. The molecule has 6 nitrogen and oxygen atoms in total. The van der Waals surface area contributed by atoms with Gasteiger partial charge < -0.3 is 15.2 Å². The van der Waals surface area contributed by atoms with Gasteiger partial charge in [0.2, 0.25) is 6.79 Å². The number of benzene rings is 1. The molecule has 0 bridgehead atoms. The summed E-state index contributed by atoms with van der Waals surface area (Å²) in [6.07, 6.45) is 0. The van der Waals surface area contributed by atoms with Gasteiger partial charge in [-0.25, -0.2) is 4.98 Å². The van der Waals surface area contributed by atoms with Crippen LogP contribution in [0.15, 0.2) is 12.1 Å². The maximum absolute atomic E-state index is 5.88. The van der Waals surface area contributed by atoms with Crippen molar-refractivity contribution in [2.24, 2.45) is 0 Å². The Balaban J connectivity index is 2.17. The lowest BCUT2D eigenvalue weighted by molar-refractivity contribution is 0.174. The van der Waals surface area contributed by atoms with Crippen LogP contribution in [0, 0.1) is 13.8 Å². The van der Waals surface area contributed by atoms with Crippen LogP contribution in [0.1, 0.15) is 11.4 Å². The summed E-state index contributed by atoms with van der Waals surface area (Å²) in [6, 6.07) is 3.76. The van der Waals surface area contributed by atoms with Gasteiger partial charge in [0.1, 0.15) is 11.5 Å². The van der Waals surface area contributed by atoms with Crippen LogP contribution in [-0.4, -0.2) is 22.0 Å². The van der Waals surface area contributed by atoms with E-state index in [4.69, 9.17) is 15.2 Å². The Bertz CT molecular complexity index is 628. The lowest BCUT2D eigenvalue weighted by Crippen LogP contribution is -2.02. The molecular formula is C12H12N4O2. The fraction of sp³-hybridized carbons (Fsp3) is 0.250. The molecule has 0 fully saturated rings. The third-order valence-electron chi connectivity index (χ3n) is 2.79. The van der Waals surface area contributed by atoms with E-state index in [1.807, 2.05) is 19.1 Å². The van der Waals surface area contributed by atoms with Crippen LogP contribution in [0.25, 0.3) is 11.3 Å². The van der Waals surface area contributed by atoms with Crippen molar-refractivity contribution in [1.29, 1.82) is 0 Å². The van der Waals surface area contributed by atoms with Gasteiger partial charge in [0.25, 0.3) is 0 Å². The first-order chi connectivity index (χ1) is 8.65. The van der Waals surface area contributed by atoms with Crippen LogP contribution in [-0.2, 0) is 0 Å². The molecule has 1 aliphatic rings. The van der Waals surface area contributed by atoms with Crippen molar-refractivity contribution in [3.63, 3.8) is 0 Å². The molecule has 2 N–H and O–H groups in total. The lowest BCUT2D eigenvalue weighted by atomic mass is 10.0. The van der Waals surface area contributed by atoms with Gasteiger partial charge in [-0.05, 0) is 31.5 Å². The number of aryl methyl sites for hydroxylation is 2. The second-order valence-corrected chi connectivity index (χ2v) is 4.11. The van der Waals surface area contributed by atoms with E-state index in [1.54, 1.807) is 6.92 Å². The fourth-order valence-electron chi connectivity index (χ4n) is 1.91. The first-order valence-corrected chi connectivity index (χ1v) is 5.52. The highest BCUT2D eigenvalue weighted by Crippen LogP contribution is 2.38. The van der Waals surface area contributed by atoms with Crippen molar-refractivity contribution in [3.05, 3.63) is 23.5 Å². The summed E-state index contributed by atoms with van der Waals surface area (Å²) in [4.78, 5) is 4.12.